The number of hydrogen-bond acceptors (Lipinski definition) is 4. The number of rotatable bonds is 2. The summed E-state index contributed by atoms with van der Waals surface area (Å²) in [7, 11) is 0. The quantitative estimate of drug-likeness (QED) is 0.920. The van der Waals surface area contributed by atoms with Crippen LogP contribution in [0.4, 0.5) is 10.3 Å². The standard InChI is InChI=1S/C16H19FN4/c1-12-15(13-4-2-5-14(17)10-13)11-19-16(20-12)21-8-3-6-18-7-9-21/h2,4-5,10-11,18H,3,6-9H2,1H3. The molecule has 110 valence electrons. The number of benzene rings is 1. The molecule has 0 unspecified atom stereocenters. The van der Waals surface area contributed by atoms with Crippen LogP contribution in [-0.4, -0.2) is 36.1 Å². The lowest BCUT2D eigenvalue weighted by atomic mass is 10.1. The van der Waals surface area contributed by atoms with Crippen molar-refractivity contribution in [2.45, 2.75) is 13.3 Å². The molecule has 1 fully saturated rings. The molecule has 3 rings (SSSR count). The first kappa shape index (κ1) is 13.9. The molecule has 1 N–H and O–H groups in total. The van der Waals surface area contributed by atoms with Crippen LogP contribution in [-0.2, 0) is 0 Å². The SMILES string of the molecule is Cc1nc(N2CCCNCC2)ncc1-c1cccc(F)c1. The smallest absolute Gasteiger partial charge is 0.225 e. The van der Waals surface area contributed by atoms with Gasteiger partial charge in [0, 0.05) is 31.4 Å². The molecule has 0 amide bonds. The van der Waals surface area contributed by atoms with E-state index >= 15 is 0 Å². The Morgan fingerprint density at radius 3 is 2.95 bits per heavy atom. The number of aromatic nitrogens is 2. The molecule has 1 aliphatic heterocycles. The monoisotopic (exact) mass is 286 g/mol. The fourth-order valence-electron chi connectivity index (χ4n) is 2.59. The number of hydrogen-bond donors (Lipinski definition) is 1. The van der Waals surface area contributed by atoms with Crippen LogP contribution in [0.3, 0.4) is 0 Å². The van der Waals surface area contributed by atoms with Gasteiger partial charge in [0.1, 0.15) is 5.82 Å². The summed E-state index contributed by atoms with van der Waals surface area (Å²) in [5, 5.41) is 3.37. The Labute approximate surface area is 124 Å². The third kappa shape index (κ3) is 3.19. The zero-order valence-corrected chi connectivity index (χ0v) is 12.1. The molecule has 0 atom stereocenters. The summed E-state index contributed by atoms with van der Waals surface area (Å²) < 4.78 is 13.3. The number of aryl methyl sites for hydroxylation is 1. The molecular formula is C16H19FN4. The van der Waals surface area contributed by atoms with Crippen molar-refractivity contribution in [1.82, 2.24) is 15.3 Å². The van der Waals surface area contributed by atoms with Crippen LogP contribution >= 0.6 is 0 Å². The van der Waals surface area contributed by atoms with Gasteiger partial charge in [0.25, 0.3) is 0 Å². The Morgan fingerprint density at radius 1 is 1.24 bits per heavy atom. The van der Waals surface area contributed by atoms with Gasteiger partial charge in [0.15, 0.2) is 0 Å². The van der Waals surface area contributed by atoms with Gasteiger partial charge in [0.2, 0.25) is 5.95 Å². The van der Waals surface area contributed by atoms with Crippen molar-refractivity contribution in [3.05, 3.63) is 42.0 Å². The van der Waals surface area contributed by atoms with Gasteiger partial charge in [-0.25, -0.2) is 14.4 Å². The topological polar surface area (TPSA) is 41.1 Å². The normalized spacial score (nSPS) is 15.8. The van der Waals surface area contributed by atoms with Gasteiger partial charge in [-0.2, -0.15) is 0 Å². The van der Waals surface area contributed by atoms with Crippen molar-refractivity contribution in [2.75, 3.05) is 31.1 Å². The number of halogens is 1. The van der Waals surface area contributed by atoms with Crippen molar-refractivity contribution in [3.63, 3.8) is 0 Å². The molecule has 1 saturated heterocycles. The first-order valence-electron chi connectivity index (χ1n) is 7.29. The van der Waals surface area contributed by atoms with Gasteiger partial charge in [-0.15, -0.1) is 0 Å². The van der Waals surface area contributed by atoms with E-state index in [2.05, 4.69) is 20.2 Å². The highest BCUT2D eigenvalue weighted by molar-refractivity contribution is 5.65. The minimum atomic E-state index is -0.241. The van der Waals surface area contributed by atoms with Crippen LogP contribution in [0.15, 0.2) is 30.5 Å². The van der Waals surface area contributed by atoms with Crippen molar-refractivity contribution < 1.29 is 4.39 Å². The van der Waals surface area contributed by atoms with E-state index in [1.165, 1.54) is 12.1 Å². The van der Waals surface area contributed by atoms with Crippen LogP contribution in [0.5, 0.6) is 0 Å². The van der Waals surface area contributed by atoms with E-state index in [1.807, 2.05) is 13.0 Å². The molecule has 1 aromatic carbocycles. The third-order valence-corrected chi connectivity index (χ3v) is 3.73. The van der Waals surface area contributed by atoms with Crippen molar-refractivity contribution in [3.8, 4) is 11.1 Å². The fraction of sp³-hybridized carbons (Fsp3) is 0.375. The van der Waals surface area contributed by atoms with Gasteiger partial charge in [0.05, 0.1) is 5.69 Å². The highest BCUT2D eigenvalue weighted by Crippen LogP contribution is 2.23. The van der Waals surface area contributed by atoms with E-state index < -0.39 is 0 Å². The summed E-state index contributed by atoms with van der Waals surface area (Å²) in [5.41, 5.74) is 2.57. The molecule has 1 aromatic heterocycles. The van der Waals surface area contributed by atoms with Gasteiger partial charge < -0.3 is 10.2 Å². The highest BCUT2D eigenvalue weighted by atomic mass is 19.1. The number of nitrogens with one attached hydrogen (secondary N) is 1. The van der Waals surface area contributed by atoms with Crippen LogP contribution in [0.25, 0.3) is 11.1 Å². The van der Waals surface area contributed by atoms with Crippen molar-refractivity contribution >= 4 is 5.95 Å². The zero-order valence-electron chi connectivity index (χ0n) is 12.1. The Hall–Kier alpha value is -2.01. The van der Waals surface area contributed by atoms with Crippen LogP contribution < -0.4 is 10.2 Å². The number of nitrogens with zero attached hydrogens (tertiary/aromatic N) is 3. The van der Waals surface area contributed by atoms with E-state index in [1.54, 1.807) is 12.3 Å². The summed E-state index contributed by atoms with van der Waals surface area (Å²) in [6.07, 6.45) is 2.89. The lowest BCUT2D eigenvalue weighted by molar-refractivity contribution is 0.628. The second-order valence-corrected chi connectivity index (χ2v) is 5.27. The molecular weight excluding hydrogens is 267 g/mol. The number of anilines is 1. The minimum absolute atomic E-state index is 0.241. The second kappa shape index (κ2) is 6.18. The van der Waals surface area contributed by atoms with Gasteiger partial charge >= 0.3 is 0 Å². The largest absolute Gasteiger partial charge is 0.339 e. The van der Waals surface area contributed by atoms with Crippen molar-refractivity contribution in [2.24, 2.45) is 0 Å². The summed E-state index contributed by atoms with van der Waals surface area (Å²) in [6.45, 7) is 5.82. The summed E-state index contributed by atoms with van der Waals surface area (Å²) >= 11 is 0. The van der Waals surface area contributed by atoms with Crippen LogP contribution in [0, 0.1) is 12.7 Å². The molecule has 21 heavy (non-hydrogen) atoms. The molecule has 0 bridgehead atoms. The van der Waals surface area contributed by atoms with E-state index in [9.17, 15) is 4.39 Å². The Kier molecular flexibility index (Phi) is 4.10. The predicted molar refractivity (Wildman–Crippen MR) is 81.9 cm³/mol. The highest BCUT2D eigenvalue weighted by Gasteiger charge is 2.14. The molecule has 2 heterocycles. The van der Waals surface area contributed by atoms with E-state index in [0.29, 0.717) is 0 Å². The maximum atomic E-state index is 13.3. The molecule has 5 heteroatoms. The van der Waals surface area contributed by atoms with Gasteiger partial charge in [-0.3, -0.25) is 0 Å². The predicted octanol–water partition coefficient (Wildman–Crippen LogP) is 2.39. The van der Waals surface area contributed by atoms with E-state index in [4.69, 9.17) is 0 Å². The zero-order chi connectivity index (χ0) is 14.7. The Balaban J connectivity index is 1.89. The fourth-order valence-corrected chi connectivity index (χ4v) is 2.59. The molecule has 0 saturated carbocycles. The third-order valence-electron chi connectivity index (χ3n) is 3.73. The van der Waals surface area contributed by atoms with Crippen LogP contribution in [0.2, 0.25) is 0 Å². The average Bonchev–Trinajstić information content (AvgIpc) is 2.76. The average molecular weight is 286 g/mol. The maximum absolute atomic E-state index is 13.3. The molecule has 1 aliphatic rings. The molecule has 4 nitrogen and oxygen atoms in total. The first-order chi connectivity index (χ1) is 10.2. The van der Waals surface area contributed by atoms with E-state index in [0.717, 1.165) is 55.4 Å². The van der Waals surface area contributed by atoms with Crippen molar-refractivity contribution in [1.29, 1.82) is 0 Å². The van der Waals surface area contributed by atoms with Gasteiger partial charge in [-0.1, -0.05) is 12.1 Å². The Morgan fingerprint density at radius 2 is 2.14 bits per heavy atom. The Bertz CT molecular complexity index is 621. The molecule has 0 spiro atoms. The lowest BCUT2D eigenvalue weighted by Gasteiger charge is -2.20. The maximum Gasteiger partial charge on any atom is 0.225 e. The summed E-state index contributed by atoms with van der Waals surface area (Å²) in [5.74, 6) is 0.519. The first-order valence-corrected chi connectivity index (χ1v) is 7.29. The molecule has 0 radical (unpaired) electrons. The van der Waals surface area contributed by atoms with Crippen LogP contribution in [0.1, 0.15) is 12.1 Å². The lowest BCUT2D eigenvalue weighted by Crippen LogP contribution is -2.29. The minimum Gasteiger partial charge on any atom is -0.339 e. The molecule has 0 aliphatic carbocycles. The summed E-state index contributed by atoms with van der Waals surface area (Å²) in [4.78, 5) is 11.3. The van der Waals surface area contributed by atoms with E-state index in [-0.39, 0.29) is 5.82 Å². The van der Waals surface area contributed by atoms with Gasteiger partial charge in [-0.05, 0) is 37.6 Å². The second-order valence-electron chi connectivity index (χ2n) is 5.27. The summed E-state index contributed by atoms with van der Waals surface area (Å²) in [6, 6.07) is 6.54. The molecule has 2 aromatic rings.